The van der Waals surface area contributed by atoms with E-state index >= 15 is 0 Å². The third-order valence-electron chi connectivity index (χ3n) is 2.85. The van der Waals surface area contributed by atoms with Crippen LogP contribution in [0.15, 0.2) is 42.5 Å². The molecular weight excluding hydrogens is 314 g/mol. The van der Waals surface area contributed by atoms with Gasteiger partial charge in [-0.1, -0.05) is 6.07 Å². The minimum Gasteiger partial charge on any atom is -0.508 e. The summed E-state index contributed by atoms with van der Waals surface area (Å²) in [5.41, 5.74) is 0.460. The van der Waals surface area contributed by atoms with Gasteiger partial charge in [0.15, 0.2) is 11.5 Å². The number of hydrogen-bond donors (Lipinski definition) is 2. The highest BCUT2D eigenvalue weighted by molar-refractivity contribution is 6.07. The fourth-order valence-corrected chi connectivity index (χ4v) is 1.92. The standard InChI is InChI=1S/C17H15NO6/c1-10(19)23-15-5-3-4-14(16(15)24-11(2)20)17(22)18-12-6-8-13(21)9-7-12/h3-9,21H,1-2H3,(H,18,22). The molecule has 0 aromatic heterocycles. The van der Waals surface area contributed by atoms with E-state index in [0.29, 0.717) is 5.69 Å². The number of carbonyl (C=O) groups excluding carboxylic acids is 3. The number of phenolic OH excluding ortho intramolecular Hbond substituents is 1. The van der Waals surface area contributed by atoms with Crippen LogP contribution in [-0.4, -0.2) is 23.0 Å². The molecule has 0 unspecified atom stereocenters. The van der Waals surface area contributed by atoms with Gasteiger partial charge in [0, 0.05) is 19.5 Å². The van der Waals surface area contributed by atoms with E-state index < -0.39 is 17.8 Å². The van der Waals surface area contributed by atoms with Crippen molar-refractivity contribution < 1.29 is 29.0 Å². The quantitative estimate of drug-likeness (QED) is 0.507. The van der Waals surface area contributed by atoms with Crippen LogP contribution < -0.4 is 14.8 Å². The van der Waals surface area contributed by atoms with Gasteiger partial charge in [-0.15, -0.1) is 0 Å². The molecule has 2 N–H and O–H groups in total. The van der Waals surface area contributed by atoms with Crippen molar-refractivity contribution in [3.8, 4) is 17.2 Å². The van der Waals surface area contributed by atoms with Crippen LogP contribution in [0.5, 0.6) is 17.2 Å². The number of hydrogen-bond acceptors (Lipinski definition) is 6. The fourth-order valence-electron chi connectivity index (χ4n) is 1.92. The SMILES string of the molecule is CC(=O)Oc1cccc(C(=O)Nc2ccc(O)cc2)c1OC(C)=O. The number of phenols is 1. The molecule has 0 saturated carbocycles. The maximum absolute atomic E-state index is 12.4. The van der Waals surface area contributed by atoms with E-state index in [1.54, 1.807) is 0 Å². The number of esters is 2. The molecule has 1 amide bonds. The molecule has 0 atom stereocenters. The number of benzene rings is 2. The van der Waals surface area contributed by atoms with Crippen LogP contribution in [0, 0.1) is 0 Å². The van der Waals surface area contributed by atoms with Crippen LogP contribution in [0.1, 0.15) is 24.2 Å². The van der Waals surface area contributed by atoms with Gasteiger partial charge in [-0.05, 0) is 36.4 Å². The number of ether oxygens (including phenoxy) is 2. The van der Waals surface area contributed by atoms with Gasteiger partial charge in [-0.2, -0.15) is 0 Å². The second-order valence-electron chi connectivity index (χ2n) is 4.82. The Labute approximate surface area is 137 Å². The van der Waals surface area contributed by atoms with Crippen LogP contribution in [0.3, 0.4) is 0 Å². The number of para-hydroxylation sites is 1. The summed E-state index contributed by atoms with van der Waals surface area (Å²) in [4.78, 5) is 34.9. The lowest BCUT2D eigenvalue weighted by molar-refractivity contribution is -0.134. The predicted molar refractivity (Wildman–Crippen MR) is 85.1 cm³/mol. The van der Waals surface area contributed by atoms with Gasteiger partial charge in [-0.25, -0.2) is 0 Å². The topological polar surface area (TPSA) is 102 Å². The van der Waals surface area contributed by atoms with Gasteiger partial charge >= 0.3 is 11.9 Å². The smallest absolute Gasteiger partial charge is 0.308 e. The average molecular weight is 329 g/mol. The van der Waals surface area contributed by atoms with Crippen molar-refractivity contribution >= 4 is 23.5 Å². The van der Waals surface area contributed by atoms with Crippen LogP contribution in [0.2, 0.25) is 0 Å². The first-order valence-electron chi connectivity index (χ1n) is 6.97. The molecule has 0 radical (unpaired) electrons. The van der Waals surface area contributed by atoms with Gasteiger partial charge in [0.05, 0.1) is 5.56 Å². The van der Waals surface area contributed by atoms with Crippen molar-refractivity contribution in [2.75, 3.05) is 5.32 Å². The lowest BCUT2D eigenvalue weighted by Gasteiger charge is -2.13. The molecular formula is C17H15NO6. The molecule has 0 fully saturated rings. The molecule has 2 rings (SSSR count). The van der Waals surface area contributed by atoms with Gasteiger partial charge < -0.3 is 19.9 Å². The van der Waals surface area contributed by atoms with Crippen LogP contribution >= 0.6 is 0 Å². The second-order valence-corrected chi connectivity index (χ2v) is 4.82. The summed E-state index contributed by atoms with van der Waals surface area (Å²) >= 11 is 0. The summed E-state index contributed by atoms with van der Waals surface area (Å²) < 4.78 is 10.0. The zero-order chi connectivity index (χ0) is 17.7. The average Bonchev–Trinajstić information content (AvgIpc) is 2.50. The highest BCUT2D eigenvalue weighted by Crippen LogP contribution is 2.32. The molecule has 7 nitrogen and oxygen atoms in total. The third-order valence-corrected chi connectivity index (χ3v) is 2.85. The first-order chi connectivity index (χ1) is 11.4. The predicted octanol–water partition coefficient (Wildman–Crippen LogP) is 2.50. The normalized spacial score (nSPS) is 9.92. The van der Waals surface area contributed by atoms with Crippen molar-refractivity contribution in [2.24, 2.45) is 0 Å². The van der Waals surface area contributed by atoms with E-state index in [1.165, 1.54) is 56.3 Å². The Morgan fingerprint density at radius 2 is 1.54 bits per heavy atom. The van der Waals surface area contributed by atoms with Crippen molar-refractivity contribution in [3.05, 3.63) is 48.0 Å². The lowest BCUT2D eigenvalue weighted by atomic mass is 10.1. The zero-order valence-corrected chi connectivity index (χ0v) is 13.0. The highest BCUT2D eigenvalue weighted by Gasteiger charge is 2.20. The van der Waals surface area contributed by atoms with E-state index in [0.717, 1.165) is 0 Å². The number of nitrogens with one attached hydrogen (secondary N) is 1. The van der Waals surface area contributed by atoms with Crippen molar-refractivity contribution in [3.63, 3.8) is 0 Å². The van der Waals surface area contributed by atoms with Gasteiger partial charge in [-0.3, -0.25) is 14.4 Å². The molecule has 0 aliphatic heterocycles. The lowest BCUT2D eigenvalue weighted by Crippen LogP contribution is -2.16. The zero-order valence-electron chi connectivity index (χ0n) is 13.0. The van der Waals surface area contributed by atoms with E-state index in [4.69, 9.17) is 9.47 Å². The Morgan fingerprint density at radius 1 is 0.917 bits per heavy atom. The second kappa shape index (κ2) is 7.28. The number of rotatable bonds is 4. The molecule has 2 aromatic carbocycles. The molecule has 0 spiro atoms. The highest BCUT2D eigenvalue weighted by atomic mass is 16.6. The maximum Gasteiger partial charge on any atom is 0.308 e. The molecule has 0 aliphatic rings. The van der Waals surface area contributed by atoms with Gasteiger partial charge in [0.1, 0.15) is 5.75 Å². The summed E-state index contributed by atoms with van der Waals surface area (Å²) in [6, 6.07) is 10.2. The number of aromatic hydroxyl groups is 1. The molecule has 2 aromatic rings. The molecule has 24 heavy (non-hydrogen) atoms. The van der Waals surface area contributed by atoms with E-state index in [9.17, 15) is 19.5 Å². The third kappa shape index (κ3) is 4.33. The summed E-state index contributed by atoms with van der Waals surface area (Å²) in [6.45, 7) is 2.37. The van der Waals surface area contributed by atoms with E-state index in [2.05, 4.69) is 5.32 Å². The Kier molecular flexibility index (Phi) is 5.16. The van der Waals surface area contributed by atoms with Crippen LogP contribution in [0.4, 0.5) is 5.69 Å². The Hall–Kier alpha value is -3.35. The summed E-state index contributed by atoms with van der Waals surface area (Å²) in [5.74, 6) is -1.95. The molecule has 0 bridgehead atoms. The summed E-state index contributed by atoms with van der Waals surface area (Å²) in [5, 5.41) is 11.9. The number of carbonyl (C=O) groups is 3. The van der Waals surface area contributed by atoms with Crippen molar-refractivity contribution in [2.45, 2.75) is 13.8 Å². The largest absolute Gasteiger partial charge is 0.508 e. The van der Waals surface area contributed by atoms with E-state index in [-0.39, 0.29) is 22.8 Å². The van der Waals surface area contributed by atoms with Crippen LogP contribution in [-0.2, 0) is 9.59 Å². The van der Waals surface area contributed by atoms with Crippen molar-refractivity contribution in [1.82, 2.24) is 0 Å². The minimum absolute atomic E-state index is 0.0250. The molecule has 0 heterocycles. The fraction of sp³-hybridized carbons (Fsp3) is 0.118. The van der Waals surface area contributed by atoms with Gasteiger partial charge in [0.2, 0.25) is 0 Å². The Balaban J connectivity index is 2.36. The van der Waals surface area contributed by atoms with Crippen molar-refractivity contribution in [1.29, 1.82) is 0 Å². The Bertz CT molecular complexity index is 782. The summed E-state index contributed by atoms with van der Waals surface area (Å²) in [7, 11) is 0. The number of amides is 1. The first kappa shape index (κ1) is 17.0. The Morgan fingerprint density at radius 3 is 2.12 bits per heavy atom. The molecule has 0 aliphatic carbocycles. The number of anilines is 1. The maximum atomic E-state index is 12.4. The minimum atomic E-state index is -0.659. The summed E-state index contributed by atoms with van der Waals surface area (Å²) in [6.07, 6.45) is 0. The van der Waals surface area contributed by atoms with Crippen LogP contribution in [0.25, 0.3) is 0 Å². The molecule has 124 valence electrons. The monoisotopic (exact) mass is 329 g/mol. The van der Waals surface area contributed by atoms with E-state index in [1.807, 2.05) is 0 Å². The van der Waals surface area contributed by atoms with Gasteiger partial charge in [0.25, 0.3) is 5.91 Å². The molecule has 7 heteroatoms. The molecule has 0 saturated heterocycles. The first-order valence-corrected chi connectivity index (χ1v) is 6.97.